The van der Waals surface area contributed by atoms with Crippen LogP contribution in [0.2, 0.25) is 0 Å². The van der Waals surface area contributed by atoms with E-state index < -0.39 is 0 Å². The molecule has 22 heavy (non-hydrogen) atoms. The smallest absolute Gasteiger partial charge is 0.258 e. The van der Waals surface area contributed by atoms with E-state index in [9.17, 15) is 4.79 Å². The number of ether oxygens (including phenoxy) is 1. The van der Waals surface area contributed by atoms with Gasteiger partial charge in [-0.3, -0.25) is 4.79 Å². The maximum Gasteiger partial charge on any atom is 0.258 e. The number of carbonyl (C=O) groups is 1. The largest absolute Gasteiger partial charge is 0.484 e. The van der Waals surface area contributed by atoms with Gasteiger partial charge in [-0.25, -0.2) is 0 Å². The molecular formula is C17H18N2O3. The molecule has 0 saturated carbocycles. The zero-order valence-corrected chi connectivity index (χ0v) is 12.4. The van der Waals surface area contributed by atoms with Crippen molar-refractivity contribution in [3.63, 3.8) is 0 Å². The molecule has 0 unspecified atom stereocenters. The highest BCUT2D eigenvalue weighted by Crippen LogP contribution is 2.11. The minimum atomic E-state index is -0.170. The number of nitrogens with zero attached hydrogens (tertiary/aromatic N) is 1. The second-order valence-electron chi connectivity index (χ2n) is 5.01. The van der Waals surface area contributed by atoms with Gasteiger partial charge in [0.05, 0.1) is 17.9 Å². The molecule has 0 saturated heterocycles. The van der Waals surface area contributed by atoms with Crippen molar-refractivity contribution in [3.8, 4) is 11.8 Å². The molecule has 114 valence electrons. The predicted molar refractivity (Wildman–Crippen MR) is 81.3 cm³/mol. The van der Waals surface area contributed by atoms with Crippen LogP contribution in [0.5, 0.6) is 5.75 Å². The Hall–Kier alpha value is -2.74. The Kier molecular flexibility index (Phi) is 5.61. The van der Waals surface area contributed by atoms with Gasteiger partial charge in [-0.05, 0) is 49.7 Å². The van der Waals surface area contributed by atoms with Crippen LogP contribution in [0, 0.1) is 11.3 Å². The molecule has 5 heteroatoms. The summed E-state index contributed by atoms with van der Waals surface area (Å²) in [7, 11) is 0. The number of aryl methyl sites for hydroxylation is 1. The van der Waals surface area contributed by atoms with Crippen molar-refractivity contribution in [2.75, 3.05) is 6.61 Å². The number of furan rings is 1. The van der Waals surface area contributed by atoms with Gasteiger partial charge < -0.3 is 14.5 Å². The SMILES string of the molecule is C[C@H](CCc1ccco1)NC(=O)COc1ccc(C#N)cc1. The molecule has 1 heterocycles. The summed E-state index contributed by atoms with van der Waals surface area (Å²) >= 11 is 0. The summed E-state index contributed by atoms with van der Waals surface area (Å²) in [5.74, 6) is 1.31. The first kappa shape index (κ1) is 15.6. The molecule has 2 aromatic rings. The van der Waals surface area contributed by atoms with Crippen LogP contribution < -0.4 is 10.1 Å². The van der Waals surface area contributed by atoms with E-state index in [4.69, 9.17) is 14.4 Å². The van der Waals surface area contributed by atoms with Crippen molar-refractivity contribution in [1.29, 1.82) is 5.26 Å². The third kappa shape index (κ3) is 4.98. The topological polar surface area (TPSA) is 75.3 Å². The van der Waals surface area contributed by atoms with Crippen LogP contribution in [0.25, 0.3) is 0 Å². The summed E-state index contributed by atoms with van der Waals surface area (Å²) in [5, 5.41) is 11.6. The third-order valence-corrected chi connectivity index (χ3v) is 3.16. The fourth-order valence-corrected chi connectivity index (χ4v) is 1.98. The Morgan fingerprint density at radius 1 is 1.36 bits per heavy atom. The second-order valence-corrected chi connectivity index (χ2v) is 5.01. The second kappa shape index (κ2) is 7.89. The number of hydrogen-bond donors (Lipinski definition) is 1. The normalized spacial score (nSPS) is 11.5. The average Bonchev–Trinajstić information content (AvgIpc) is 3.05. The number of amides is 1. The monoisotopic (exact) mass is 298 g/mol. The van der Waals surface area contributed by atoms with Crippen LogP contribution in [0.3, 0.4) is 0 Å². The van der Waals surface area contributed by atoms with Crippen LogP contribution in [0.4, 0.5) is 0 Å². The molecule has 1 N–H and O–H groups in total. The van der Waals surface area contributed by atoms with Crippen molar-refractivity contribution in [1.82, 2.24) is 5.32 Å². The maximum atomic E-state index is 11.8. The first-order valence-corrected chi connectivity index (χ1v) is 7.12. The molecule has 1 aromatic heterocycles. The molecular weight excluding hydrogens is 280 g/mol. The van der Waals surface area contributed by atoms with E-state index in [0.717, 1.165) is 18.6 Å². The summed E-state index contributed by atoms with van der Waals surface area (Å²) in [6, 6.07) is 12.5. The van der Waals surface area contributed by atoms with E-state index in [2.05, 4.69) is 5.32 Å². The fraction of sp³-hybridized carbons (Fsp3) is 0.294. The molecule has 1 aromatic carbocycles. The maximum absolute atomic E-state index is 11.8. The van der Waals surface area contributed by atoms with Crippen LogP contribution in [0.15, 0.2) is 47.1 Å². The fourth-order valence-electron chi connectivity index (χ4n) is 1.98. The lowest BCUT2D eigenvalue weighted by Gasteiger charge is -2.13. The number of nitriles is 1. The summed E-state index contributed by atoms with van der Waals surface area (Å²) in [6.45, 7) is 1.90. The number of rotatable bonds is 7. The third-order valence-electron chi connectivity index (χ3n) is 3.16. The van der Waals surface area contributed by atoms with Crippen molar-refractivity contribution < 1.29 is 13.9 Å². The molecule has 0 fully saturated rings. The van der Waals surface area contributed by atoms with Gasteiger partial charge in [-0.1, -0.05) is 0 Å². The summed E-state index contributed by atoms with van der Waals surface area (Å²) in [4.78, 5) is 11.8. The standard InChI is InChI=1S/C17H18N2O3/c1-13(4-7-15-3-2-10-21-15)19-17(20)12-22-16-8-5-14(11-18)6-9-16/h2-3,5-6,8-10,13H,4,7,12H2,1H3,(H,19,20)/t13-/m1/s1. The van der Waals surface area contributed by atoms with Crippen LogP contribution in [-0.2, 0) is 11.2 Å². The first-order chi connectivity index (χ1) is 10.7. The zero-order chi connectivity index (χ0) is 15.8. The highest BCUT2D eigenvalue weighted by Gasteiger charge is 2.09. The van der Waals surface area contributed by atoms with E-state index in [0.29, 0.717) is 11.3 Å². The van der Waals surface area contributed by atoms with Gasteiger partial charge in [0, 0.05) is 12.5 Å². The highest BCUT2D eigenvalue weighted by molar-refractivity contribution is 5.77. The Labute approximate surface area is 129 Å². The predicted octanol–water partition coefficient (Wildman–Crippen LogP) is 2.67. The summed E-state index contributed by atoms with van der Waals surface area (Å²) < 4.78 is 10.6. The Balaban J connectivity index is 1.69. The van der Waals surface area contributed by atoms with E-state index in [1.165, 1.54) is 0 Å². The molecule has 2 rings (SSSR count). The lowest BCUT2D eigenvalue weighted by molar-refractivity contribution is -0.123. The highest BCUT2D eigenvalue weighted by atomic mass is 16.5. The molecule has 5 nitrogen and oxygen atoms in total. The minimum absolute atomic E-state index is 0.0437. The Morgan fingerprint density at radius 3 is 2.77 bits per heavy atom. The van der Waals surface area contributed by atoms with Gasteiger partial charge in [-0.15, -0.1) is 0 Å². The molecule has 0 spiro atoms. The molecule has 0 bridgehead atoms. The molecule has 0 aliphatic carbocycles. The quantitative estimate of drug-likeness (QED) is 0.852. The van der Waals surface area contributed by atoms with Crippen LogP contribution >= 0.6 is 0 Å². The van der Waals surface area contributed by atoms with Crippen molar-refractivity contribution in [2.45, 2.75) is 25.8 Å². The number of hydrogen-bond acceptors (Lipinski definition) is 4. The van der Waals surface area contributed by atoms with Crippen LogP contribution in [-0.4, -0.2) is 18.6 Å². The molecule has 0 radical (unpaired) electrons. The minimum Gasteiger partial charge on any atom is -0.484 e. The van der Waals surface area contributed by atoms with Crippen molar-refractivity contribution >= 4 is 5.91 Å². The van der Waals surface area contributed by atoms with Gasteiger partial charge in [0.25, 0.3) is 5.91 Å². The molecule has 1 amide bonds. The average molecular weight is 298 g/mol. The van der Waals surface area contributed by atoms with Crippen molar-refractivity contribution in [2.24, 2.45) is 0 Å². The van der Waals surface area contributed by atoms with E-state index in [1.54, 1.807) is 30.5 Å². The van der Waals surface area contributed by atoms with Gasteiger partial charge in [0.2, 0.25) is 0 Å². The number of benzene rings is 1. The van der Waals surface area contributed by atoms with E-state index in [-0.39, 0.29) is 18.6 Å². The van der Waals surface area contributed by atoms with Gasteiger partial charge in [0.15, 0.2) is 6.61 Å². The van der Waals surface area contributed by atoms with Gasteiger partial charge in [0.1, 0.15) is 11.5 Å². The lowest BCUT2D eigenvalue weighted by atomic mass is 10.1. The van der Waals surface area contributed by atoms with E-state index in [1.807, 2.05) is 25.1 Å². The Morgan fingerprint density at radius 2 is 2.14 bits per heavy atom. The molecule has 0 aliphatic heterocycles. The Bertz CT molecular complexity index is 627. The summed E-state index contributed by atoms with van der Waals surface area (Å²) in [5.41, 5.74) is 0.559. The number of carbonyl (C=O) groups excluding carboxylic acids is 1. The van der Waals surface area contributed by atoms with E-state index >= 15 is 0 Å². The molecule has 1 atom stereocenters. The van der Waals surface area contributed by atoms with Crippen LogP contribution in [0.1, 0.15) is 24.7 Å². The summed E-state index contributed by atoms with van der Waals surface area (Å²) in [6.07, 6.45) is 3.23. The number of nitrogens with one attached hydrogen (secondary N) is 1. The van der Waals surface area contributed by atoms with Gasteiger partial charge >= 0.3 is 0 Å². The molecule has 0 aliphatic rings. The first-order valence-electron chi connectivity index (χ1n) is 7.12. The van der Waals surface area contributed by atoms with Gasteiger partial charge in [-0.2, -0.15) is 5.26 Å². The zero-order valence-electron chi connectivity index (χ0n) is 12.4. The van der Waals surface area contributed by atoms with Crippen molar-refractivity contribution in [3.05, 3.63) is 54.0 Å². The lowest BCUT2D eigenvalue weighted by Crippen LogP contribution is -2.36.